The van der Waals surface area contributed by atoms with Gasteiger partial charge in [0.2, 0.25) is 0 Å². The summed E-state index contributed by atoms with van der Waals surface area (Å²) in [4.78, 5) is 2.41. The molecular weight excluding hydrogens is 234 g/mol. The van der Waals surface area contributed by atoms with Gasteiger partial charge in [-0.3, -0.25) is 0 Å². The van der Waals surface area contributed by atoms with Gasteiger partial charge in [0.25, 0.3) is 0 Å². The first-order valence-electron chi connectivity index (χ1n) is 4.90. The molecule has 0 fully saturated rings. The third kappa shape index (κ3) is 5.14. The van der Waals surface area contributed by atoms with Gasteiger partial charge in [-0.1, -0.05) is 52.4 Å². The van der Waals surface area contributed by atoms with Gasteiger partial charge in [-0.25, -0.2) is 0 Å². The molecular formula is C13H15NS2. The molecule has 0 aliphatic heterocycles. The van der Waals surface area contributed by atoms with Crippen LogP contribution in [0.2, 0.25) is 0 Å². The fraction of sp³-hybridized carbons (Fsp3) is 0.0769. The molecule has 16 heavy (non-hydrogen) atoms. The first-order valence-corrected chi connectivity index (χ1v) is 7.05. The third-order valence-electron chi connectivity index (χ3n) is 1.72. The summed E-state index contributed by atoms with van der Waals surface area (Å²) in [5.74, 6) is 0. The van der Waals surface area contributed by atoms with Gasteiger partial charge in [0.05, 0.1) is 0 Å². The van der Waals surface area contributed by atoms with E-state index in [4.69, 9.17) is 5.73 Å². The number of allylic oxidation sites excluding steroid dienone is 3. The van der Waals surface area contributed by atoms with Gasteiger partial charge >= 0.3 is 0 Å². The monoisotopic (exact) mass is 249 g/mol. The maximum Gasteiger partial charge on any atom is 0.0241 e. The van der Waals surface area contributed by atoms with Crippen molar-refractivity contribution in [3.63, 3.8) is 0 Å². The lowest BCUT2D eigenvalue weighted by molar-refractivity contribution is 1.45. The van der Waals surface area contributed by atoms with Crippen molar-refractivity contribution >= 4 is 21.6 Å². The van der Waals surface area contributed by atoms with Crippen LogP contribution in [0.4, 0.5) is 0 Å². The number of nitrogens with two attached hydrogens (primary N) is 1. The van der Waals surface area contributed by atoms with Crippen LogP contribution in [-0.4, -0.2) is 0 Å². The molecule has 1 rings (SSSR count). The van der Waals surface area contributed by atoms with Crippen molar-refractivity contribution in [2.24, 2.45) is 5.73 Å². The Hall–Kier alpha value is -1.06. The Labute approximate surface area is 105 Å². The Bertz CT molecular complexity index is 394. The Morgan fingerprint density at radius 2 is 1.94 bits per heavy atom. The van der Waals surface area contributed by atoms with Gasteiger partial charge in [-0.05, 0) is 31.2 Å². The van der Waals surface area contributed by atoms with Crippen LogP contribution in [0.5, 0.6) is 0 Å². The molecule has 0 heterocycles. The molecule has 84 valence electrons. The second kappa shape index (κ2) is 7.25. The Kier molecular flexibility index (Phi) is 5.90. The first-order chi connectivity index (χ1) is 7.72. The van der Waals surface area contributed by atoms with Crippen molar-refractivity contribution in [3.05, 3.63) is 65.7 Å². The Morgan fingerprint density at radius 3 is 2.50 bits per heavy atom. The zero-order chi connectivity index (χ0) is 11.8. The van der Waals surface area contributed by atoms with E-state index in [1.165, 1.54) is 9.80 Å². The number of rotatable bonds is 5. The lowest BCUT2D eigenvalue weighted by Gasteiger charge is -2.01. The van der Waals surface area contributed by atoms with Gasteiger partial charge in [-0.15, -0.1) is 0 Å². The molecule has 1 nitrogen and oxygen atoms in total. The van der Waals surface area contributed by atoms with Crippen LogP contribution in [0.3, 0.4) is 0 Å². The molecule has 0 saturated carbocycles. The zero-order valence-electron chi connectivity index (χ0n) is 9.22. The van der Waals surface area contributed by atoms with Crippen molar-refractivity contribution in [1.29, 1.82) is 0 Å². The van der Waals surface area contributed by atoms with E-state index in [9.17, 15) is 0 Å². The van der Waals surface area contributed by atoms with Gasteiger partial charge in [0.1, 0.15) is 0 Å². The van der Waals surface area contributed by atoms with Crippen LogP contribution in [0, 0.1) is 0 Å². The van der Waals surface area contributed by atoms with Crippen molar-refractivity contribution in [1.82, 2.24) is 0 Å². The highest BCUT2D eigenvalue weighted by Gasteiger charge is 1.96. The molecule has 0 saturated heterocycles. The maximum absolute atomic E-state index is 5.48. The third-order valence-corrected chi connectivity index (χ3v) is 4.24. The lowest BCUT2D eigenvalue weighted by Crippen LogP contribution is -1.88. The van der Waals surface area contributed by atoms with Crippen LogP contribution >= 0.6 is 21.6 Å². The van der Waals surface area contributed by atoms with Crippen LogP contribution in [-0.2, 0) is 0 Å². The standard InChI is InChI=1S/C13H15NS2/c1-3-12(10-9-11(2)14)15-16-13-7-5-4-6-8-13/h3-10H,2,14H2,1H3/b10-9-,12-3+. The maximum atomic E-state index is 5.48. The van der Waals surface area contributed by atoms with E-state index in [2.05, 4.69) is 24.8 Å². The van der Waals surface area contributed by atoms with Crippen LogP contribution in [0.1, 0.15) is 6.92 Å². The Balaban J connectivity index is 2.50. The van der Waals surface area contributed by atoms with Crippen molar-refractivity contribution in [2.75, 3.05) is 0 Å². The van der Waals surface area contributed by atoms with Gasteiger partial charge in [0.15, 0.2) is 0 Å². The minimum Gasteiger partial charge on any atom is -0.399 e. The van der Waals surface area contributed by atoms with E-state index < -0.39 is 0 Å². The fourth-order valence-electron chi connectivity index (χ4n) is 0.934. The van der Waals surface area contributed by atoms with Crippen LogP contribution in [0.25, 0.3) is 0 Å². The second-order valence-corrected chi connectivity index (χ2v) is 5.36. The average molecular weight is 249 g/mol. The summed E-state index contributed by atoms with van der Waals surface area (Å²) in [5, 5.41) is 0. The predicted octanol–water partition coefficient (Wildman–Crippen LogP) is 4.36. The quantitative estimate of drug-likeness (QED) is 0.620. The second-order valence-electron chi connectivity index (χ2n) is 3.08. The number of hydrogen-bond donors (Lipinski definition) is 1. The molecule has 2 N–H and O–H groups in total. The van der Waals surface area contributed by atoms with E-state index in [-0.39, 0.29) is 0 Å². The molecule has 0 spiro atoms. The van der Waals surface area contributed by atoms with Gasteiger partial charge in [0, 0.05) is 15.5 Å². The highest BCUT2D eigenvalue weighted by molar-refractivity contribution is 8.78. The molecule has 0 radical (unpaired) electrons. The summed E-state index contributed by atoms with van der Waals surface area (Å²) in [6.07, 6.45) is 5.84. The molecule has 0 atom stereocenters. The molecule has 0 amide bonds. The summed E-state index contributed by atoms with van der Waals surface area (Å²) in [6.45, 7) is 5.64. The topological polar surface area (TPSA) is 26.0 Å². The summed E-state index contributed by atoms with van der Waals surface area (Å²) in [7, 11) is 3.44. The minimum absolute atomic E-state index is 0.574. The van der Waals surface area contributed by atoms with E-state index >= 15 is 0 Å². The molecule has 1 aromatic carbocycles. The zero-order valence-corrected chi connectivity index (χ0v) is 10.9. The van der Waals surface area contributed by atoms with E-state index in [1.807, 2.05) is 37.3 Å². The summed E-state index contributed by atoms with van der Waals surface area (Å²) < 4.78 is 0. The largest absolute Gasteiger partial charge is 0.399 e. The summed E-state index contributed by atoms with van der Waals surface area (Å²) in [5.41, 5.74) is 6.05. The summed E-state index contributed by atoms with van der Waals surface area (Å²) >= 11 is 0. The predicted molar refractivity (Wildman–Crippen MR) is 76.1 cm³/mol. The molecule has 3 heteroatoms. The average Bonchev–Trinajstić information content (AvgIpc) is 2.30. The number of hydrogen-bond acceptors (Lipinski definition) is 3. The van der Waals surface area contributed by atoms with Crippen molar-refractivity contribution in [3.8, 4) is 0 Å². The normalized spacial score (nSPS) is 11.9. The van der Waals surface area contributed by atoms with Crippen molar-refractivity contribution in [2.45, 2.75) is 11.8 Å². The van der Waals surface area contributed by atoms with E-state index in [0.717, 1.165) is 0 Å². The van der Waals surface area contributed by atoms with Crippen molar-refractivity contribution < 1.29 is 0 Å². The highest BCUT2D eigenvalue weighted by Crippen LogP contribution is 2.37. The van der Waals surface area contributed by atoms with Crippen LogP contribution in [0.15, 0.2) is 70.6 Å². The smallest absolute Gasteiger partial charge is 0.0241 e. The van der Waals surface area contributed by atoms with E-state index in [1.54, 1.807) is 21.6 Å². The molecule has 1 aromatic rings. The van der Waals surface area contributed by atoms with Gasteiger partial charge in [-0.2, -0.15) is 0 Å². The molecule has 0 bridgehead atoms. The highest BCUT2D eigenvalue weighted by atomic mass is 33.1. The Morgan fingerprint density at radius 1 is 1.25 bits per heavy atom. The van der Waals surface area contributed by atoms with Crippen LogP contribution < -0.4 is 5.73 Å². The molecule has 0 aromatic heterocycles. The van der Waals surface area contributed by atoms with Gasteiger partial charge < -0.3 is 5.73 Å². The number of benzene rings is 1. The lowest BCUT2D eigenvalue weighted by atomic mass is 10.4. The first kappa shape index (κ1) is 13.0. The fourth-order valence-corrected chi connectivity index (χ4v) is 2.98. The SMILES string of the molecule is C=C(N)/C=C\C(=C/C)SSc1ccccc1. The summed E-state index contributed by atoms with van der Waals surface area (Å²) in [6, 6.07) is 10.3. The molecule has 0 aliphatic rings. The molecule has 0 unspecified atom stereocenters. The minimum atomic E-state index is 0.574. The molecule has 0 aliphatic carbocycles. The van der Waals surface area contributed by atoms with E-state index in [0.29, 0.717) is 5.70 Å².